The number of carboxylic acid groups (broad SMARTS) is 1. The van der Waals surface area contributed by atoms with Gasteiger partial charge in [-0.05, 0) is 31.0 Å². The van der Waals surface area contributed by atoms with Crippen LogP contribution in [0, 0.1) is 11.7 Å². The first-order valence-corrected chi connectivity index (χ1v) is 5.77. The molecule has 18 heavy (non-hydrogen) atoms. The fraction of sp³-hybridized carbons (Fsp3) is 0.385. The van der Waals surface area contributed by atoms with Crippen LogP contribution in [0.2, 0.25) is 0 Å². The summed E-state index contributed by atoms with van der Waals surface area (Å²) in [6, 6.07) is 6.16. The minimum atomic E-state index is -1.14. The molecule has 3 unspecified atom stereocenters. The minimum absolute atomic E-state index is 0.0823. The number of carbonyl (C=O) groups is 2. The molecule has 0 bridgehead atoms. The van der Waals surface area contributed by atoms with Gasteiger partial charge in [-0.1, -0.05) is 12.1 Å². The third-order valence-electron chi connectivity index (χ3n) is 3.16. The van der Waals surface area contributed by atoms with Crippen molar-refractivity contribution in [2.75, 3.05) is 0 Å². The lowest BCUT2D eigenvalue weighted by atomic mass is 10.1. The Kier molecular flexibility index (Phi) is 3.32. The van der Waals surface area contributed by atoms with Crippen molar-refractivity contribution in [3.63, 3.8) is 0 Å². The molecule has 0 saturated heterocycles. The fourth-order valence-electron chi connectivity index (χ4n) is 1.88. The lowest BCUT2D eigenvalue weighted by molar-refractivity contribution is -0.146. The zero-order valence-corrected chi connectivity index (χ0v) is 9.89. The molecule has 2 rings (SSSR count). The predicted molar refractivity (Wildman–Crippen MR) is 62.5 cm³/mol. The van der Waals surface area contributed by atoms with E-state index in [1.807, 2.05) is 0 Å². The number of hydrogen-bond donors (Lipinski definition) is 2. The Morgan fingerprint density at radius 2 is 2.22 bits per heavy atom. The van der Waals surface area contributed by atoms with Gasteiger partial charge in [0.2, 0.25) is 5.91 Å². The number of carboxylic acids is 1. The van der Waals surface area contributed by atoms with Crippen molar-refractivity contribution in [3.8, 4) is 0 Å². The van der Waals surface area contributed by atoms with Crippen molar-refractivity contribution < 1.29 is 19.1 Å². The van der Waals surface area contributed by atoms with Crippen molar-refractivity contribution in [1.29, 1.82) is 0 Å². The van der Waals surface area contributed by atoms with Gasteiger partial charge in [0.25, 0.3) is 0 Å². The predicted octanol–water partition coefficient (Wildman–Crippen LogP) is 1.52. The van der Waals surface area contributed by atoms with Crippen LogP contribution in [0.15, 0.2) is 24.3 Å². The highest BCUT2D eigenvalue weighted by atomic mass is 19.1. The Morgan fingerprint density at radius 1 is 1.50 bits per heavy atom. The highest BCUT2D eigenvalue weighted by molar-refractivity contribution is 5.96. The largest absolute Gasteiger partial charge is 0.481 e. The van der Waals surface area contributed by atoms with Crippen LogP contribution < -0.4 is 5.32 Å². The molecule has 0 heterocycles. The van der Waals surface area contributed by atoms with Gasteiger partial charge in [-0.2, -0.15) is 0 Å². The third-order valence-corrected chi connectivity index (χ3v) is 3.16. The normalized spacial score (nSPS) is 23.2. The molecule has 4 nitrogen and oxygen atoms in total. The maximum Gasteiger partial charge on any atom is 0.315 e. The number of benzene rings is 1. The molecule has 1 aromatic carbocycles. The van der Waals surface area contributed by atoms with Gasteiger partial charge in [-0.3, -0.25) is 9.59 Å². The van der Waals surface area contributed by atoms with Gasteiger partial charge in [0.15, 0.2) is 0 Å². The monoisotopic (exact) mass is 251 g/mol. The summed E-state index contributed by atoms with van der Waals surface area (Å²) >= 11 is 0. The lowest BCUT2D eigenvalue weighted by Gasteiger charge is -2.08. The first-order valence-electron chi connectivity index (χ1n) is 5.77. The molecule has 1 aliphatic carbocycles. The average molecular weight is 251 g/mol. The number of nitrogens with one attached hydrogen (secondary N) is 1. The maximum absolute atomic E-state index is 13.0. The first-order chi connectivity index (χ1) is 8.49. The van der Waals surface area contributed by atoms with Crippen LogP contribution in [0.3, 0.4) is 0 Å². The van der Waals surface area contributed by atoms with E-state index >= 15 is 0 Å². The number of halogens is 1. The van der Waals surface area contributed by atoms with Crippen LogP contribution in [-0.4, -0.2) is 23.0 Å². The van der Waals surface area contributed by atoms with E-state index in [-0.39, 0.29) is 17.8 Å². The quantitative estimate of drug-likeness (QED) is 0.797. The van der Waals surface area contributed by atoms with Gasteiger partial charge in [0.1, 0.15) is 11.7 Å². The summed E-state index contributed by atoms with van der Waals surface area (Å²) in [4.78, 5) is 22.1. The molecular formula is C13H14FNO3. The molecule has 2 N–H and O–H groups in total. The molecule has 0 radical (unpaired) electrons. The standard InChI is InChI=1S/C13H14FNO3/c1-7(13(17)18)12(16)15-11-6-10(11)8-3-2-4-9(14)5-8/h2-5,7,10-11H,6H2,1H3,(H,15,16)(H,17,18). The van der Waals surface area contributed by atoms with Crippen LogP contribution in [0.1, 0.15) is 24.8 Å². The van der Waals surface area contributed by atoms with Crippen LogP contribution in [-0.2, 0) is 9.59 Å². The molecule has 1 fully saturated rings. The van der Waals surface area contributed by atoms with Crippen LogP contribution in [0.4, 0.5) is 4.39 Å². The molecule has 1 aliphatic rings. The number of aliphatic carboxylic acids is 1. The van der Waals surface area contributed by atoms with Crippen LogP contribution in [0.25, 0.3) is 0 Å². The lowest BCUT2D eigenvalue weighted by Crippen LogP contribution is -2.35. The van der Waals surface area contributed by atoms with Gasteiger partial charge in [-0.25, -0.2) is 4.39 Å². The number of amides is 1. The molecule has 0 aromatic heterocycles. The van der Waals surface area contributed by atoms with Crippen molar-refractivity contribution in [3.05, 3.63) is 35.6 Å². The SMILES string of the molecule is CC(C(=O)O)C(=O)NC1CC1c1cccc(F)c1. The van der Waals surface area contributed by atoms with Crippen molar-refractivity contribution in [1.82, 2.24) is 5.32 Å². The zero-order valence-electron chi connectivity index (χ0n) is 9.89. The van der Waals surface area contributed by atoms with Crippen molar-refractivity contribution in [2.24, 2.45) is 5.92 Å². The Balaban J connectivity index is 1.92. The molecule has 1 saturated carbocycles. The van der Waals surface area contributed by atoms with Gasteiger partial charge < -0.3 is 10.4 Å². The van der Waals surface area contributed by atoms with Gasteiger partial charge in [0, 0.05) is 12.0 Å². The molecular weight excluding hydrogens is 237 g/mol. The smallest absolute Gasteiger partial charge is 0.315 e. The van der Waals surface area contributed by atoms with Crippen LogP contribution >= 0.6 is 0 Å². The topological polar surface area (TPSA) is 66.4 Å². The fourth-order valence-corrected chi connectivity index (χ4v) is 1.88. The van der Waals surface area contributed by atoms with E-state index in [9.17, 15) is 14.0 Å². The molecule has 96 valence electrons. The summed E-state index contributed by atoms with van der Waals surface area (Å²) in [6.45, 7) is 1.34. The first kappa shape index (κ1) is 12.5. The van der Waals surface area contributed by atoms with E-state index in [1.165, 1.54) is 19.1 Å². The average Bonchev–Trinajstić information content (AvgIpc) is 3.07. The molecule has 3 atom stereocenters. The Bertz CT molecular complexity index is 489. The van der Waals surface area contributed by atoms with Crippen molar-refractivity contribution >= 4 is 11.9 Å². The molecule has 0 spiro atoms. The van der Waals surface area contributed by atoms with E-state index < -0.39 is 17.8 Å². The van der Waals surface area contributed by atoms with E-state index in [0.29, 0.717) is 0 Å². The second-order valence-corrected chi connectivity index (χ2v) is 4.57. The van der Waals surface area contributed by atoms with Gasteiger partial charge >= 0.3 is 5.97 Å². The molecule has 0 aliphatic heterocycles. The minimum Gasteiger partial charge on any atom is -0.481 e. The van der Waals surface area contributed by atoms with Crippen LogP contribution in [0.5, 0.6) is 0 Å². The highest BCUT2D eigenvalue weighted by Gasteiger charge is 2.40. The van der Waals surface area contributed by atoms with Gasteiger partial charge in [0.05, 0.1) is 0 Å². The van der Waals surface area contributed by atoms with E-state index in [0.717, 1.165) is 12.0 Å². The summed E-state index contributed by atoms with van der Waals surface area (Å²) in [5.74, 6) is -2.91. The summed E-state index contributed by atoms with van der Waals surface area (Å²) in [5, 5.41) is 11.4. The Morgan fingerprint density at radius 3 is 2.83 bits per heavy atom. The summed E-state index contributed by atoms with van der Waals surface area (Å²) in [6.07, 6.45) is 0.724. The molecule has 1 aromatic rings. The Labute approximate surface area is 104 Å². The third kappa shape index (κ3) is 2.67. The Hall–Kier alpha value is -1.91. The zero-order chi connectivity index (χ0) is 13.3. The van der Waals surface area contributed by atoms with Gasteiger partial charge in [-0.15, -0.1) is 0 Å². The number of hydrogen-bond acceptors (Lipinski definition) is 2. The number of rotatable bonds is 4. The summed E-state index contributed by atoms with van der Waals surface area (Å²) in [5.41, 5.74) is 0.836. The number of carbonyl (C=O) groups excluding carboxylic acids is 1. The van der Waals surface area contributed by atoms with E-state index in [1.54, 1.807) is 12.1 Å². The summed E-state index contributed by atoms with van der Waals surface area (Å²) < 4.78 is 13.0. The second-order valence-electron chi connectivity index (χ2n) is 4.57. The maximum atomic E-state index is 13.0. The molecule has 1 amide bonds. The van der Waals surface area contributed by atoms with E-state index in [2.05, 4.69) is 5.32 Å². The molecule has 5 heteroatoms. The van der Waals surface area contributed by atoms with Crippen molar-refractivity contribution in [2.45, 2.75) is 25.3 Å². The second kappa shape index (κ2) is 4.76. The van der Waals surface area contributed by atoms with E-state index in [4.69, 9.17) is 5.11 Å². The highest BCUT2D eigenvalue weighted by Crippen LogP contribution is 2.40. The summed E-state index contributed by atoms with van der Waals surface area (Å²) in [7, 11) is 0.